The number of hydrogen-bond acceptors (Lipinski definition) is 5. The van der Waals surface area contributed by atoms with E-state index < -0.39 is 0 Å². The minimum absolute atomic E-state index is 0.558. The molecule has 246 valence electrons. The molecule has 0 aliphatic carbocycles. The van der Waals surface area contributed by atoms with Crippen molar-refractivity contribution in [3.63, 3.8) is 0 Å². The molecule has 0 bridgehead atoms. The lowest BCUT2D eigenvalue weighted by molar-refractivity contribution is 0.666. The van der Waals surface area contributed by atoms with Crippen molar-refractivity contribution < 1.29 is 4.42 Å². The molecule has 4 aromatic heterocycles. The van der Waals surface area contributed by atoms with E-state index in [2.05, 4.69) is 102 Å². The Labute approximate surface area is 303 Å². The van der Waals surface area contributed by atoms with E-state index in [0.717, 1.165) is 55.4 Å². The van der Waals surface area contributed by atoms with E-state index in [4.69, 9.17) is 19.4 Å². The zero-order valence-corrected chi connectivity index (χ0v) is 29.1. The van der Waals surface area contributed by atoms with E-state index in [1.54, 1.807) is 6.08 Å². The lowest BCUT2D eigenvalue weighted by Gasteiger charge is -2.08. The highest BCUT2D eigenvalue weighted by Gasteiger charge is 2.21. The van der Waals surface area contributed by atoms with E-state index in [-0.39, 0.29) is 0 Å². The van der Waals surface area contributed by atoms with Crippen molar-refractivity contribution in [2.75, 3.05) is 0 Å². The average Bonchev–Trinajstić information content (AvgIpc) is 3.87. The highest BCUT2D eigenvalue weighted by Crippen LogP contribution is 2.44. The topological polar surface area (TPSA) is 56.7 Å². The fourth-order valence-corrected chi connectivity index (χ4v) is 8.64. The maximum atomic E-state index is 6.84. The Morgan fingerprint density at radius 2 is 1.42 bits per heavy atom. The molecule has 0 saturated carbocycles. The quantitative estimate of drug-likeness (QED) is 0.163. The second kappa shape index (κ2) is 12.0. The number of benzene rings is 6. The van der Waals surface area contributed by atoms with Gasteiger partial charge in [-0.2, -0.15) is 0 Å². The summed E-state index contributed by atoms with van der Waals surface area (Å²) >= 11 is 1.86. The average molecular weight is 687 g/mol. The van der Waals surface area contributed by atoms with Gasteiger partial charge in [-0.15, -0.1) is 11.3 Å². The van der Waals surface area contributed by atoms with E-state index in [9.17, 15) is 0 Å². The number of rotatable bonds is 6. The number of thiophene rings is 1. The minimum Gasteiger partial charge on any atom is -0.454 e. The predicted octanol–water partition coefficient (Wildman–Crippen LogP) is 12.7. The first-order valence-electron chi connectivity index (χ1n) is 17.3. The smallest absolute Gasteiger partial charge is 0.164 e. The third-order valence-corrected chi connectivity index (χ3v) is 11.0. The van der Waals surface area contributed by atoms with Crippen LogP contribution in [-0.4, -0.2) is 19.5 Å². The molecule has 10 aromatic rings. The van der Waals surface area contributed by atoms with Gasteiger partial charge in [0.05, 0.1) is 16.7 Å². The summed E-state index contributed by atoms with van der Waals surface area (Å²) in [7, 11) is 0. The third-order valence-electron chi connectivity index (χ3n) is 9.77. The maximum absolute atomic E-state index is 6.84. The molecule has 0 amide bonds. The highest BCUT2D eigenvalue weighted by molar-refractivity contribution is 7.26. The van der Waals surface area contributed by atoms with Gasteiger partial charge < -0.3 is 8.98 Å². The molecule has 52 heavy (non-hydrogen) atoms. The minimum atomic E-state index is 0.558. The van der Waals surface area contributed by atoms with Gasteiger partial charge in [0, 0.05) is 58.4 Å². The lowest BCUT2D eigenvalue weighted by atomic mass is 10.1. The summed E-state index contributed by atoms with van der Waals surface area (Å²) in [4.78, 5) is 14.7. The zero-order valence-electron chi connectivity index (χ0n) is 28.2. The van der Waals surface area contributed by atoms with Crippen LogP contribution >= 0.6 is 11.3 Å². The second-order valence-electron chi connectivity index (χ2n) is 12.8. The van der Waals surface area contributed by atoms with Crippen LogP contribution < -0.4 is 0 Å². The molecule has 0 aliphatic heterocycles. The number of para-hydroxylation sites is 2. The number of fused-ring (bicyclic) bond motifs is 10. The molecule has 0 atom stereocenters. The molecule has 6 aromatic carbocycles. The summed E-state index contributed by atoms with van der Waals surface area (Å²) in [5.41, 5.74) is 7.47. The first-order valence-corrected chi connectivity index (χ1v) is 18.1. The van der Waals surface area contributed by atoms with Gasteiger partial charge in [0.15, 0.2) is 23.1 Å². The summed E-state index contributed by atoms with van der Waals surface area (Å²) < 4.78 is 11.8. The van der Waals surface area contributed by atoms with E-state index in [1.807, 2.05) is 72.9 Å². The molecule has 5 nitrogen and oxygen atoms in total. The first kappa shape index (κ1) is 30.2. The summed E-state index contributed by atoms with van der Waals surface area (Å²) in [5.74, 6) is 1.72. The van der Waals surface area contributed by atoms with Gasteiger partial charge in [-0.25, -0.2) is 15.0 Å². The number of allylic oxidation sites excluding steroid dienone is 5. The molecule has 0 radical (unpaired) electrons. The van der Waals surface area contributed by atoms with E-state index in [1.165, 1.54) is 30.9 Å². The van der Waals surface area contributed by atoms with E-state index >= 15 is 0 Å². The molecule has 0 aliphatic rings. The number of aromatic nitrogens is 4. The SMILES string of the molecule is C=C/C(=C\C=C/C)c1nc(-c2ccccc2)nc(-c2ccc3c(c2)oc2c(-n4c5ccccc5c5c6sc7ccccc7c6ccc54)cccc23)n1. The lowest BCUT2D eigenvalue weighted by Crippen LogP contribution is -2.02. The van der Waals surface area contributed by atoms with Gasteiger partial charge in [0.25, 0.3) is 0 Å². The van der Waals surface area contributed by atoms with Crippen LogP contribution in [-0.2, 0) is 0 Å². The van der Waals surface area contributed by atoms with Crippen molar-refractivity contribution in [1.82, 2.24) is 19.5 Å². The fraction of sp³-hybridized carbons (Fsp3) is 0.0217. The number of furan rings is 1. The van der Waals surface area contributed by atoms with Gasteiger partial charge in [0.2, 0.25) is 0 Å². The Hall–Kier alpha value is -6.63. The van der Waals surface area contributed by atoms with Crippen molar-refractivity contribution in [3.8, 4) is 28.5 Å². The Bertz CT molecular complexity index is 3110. The normalized spacial score (nSPS) is 12.4. The van der Waals surface area contributed by atoms with Crippen molar-refractivity contribution in [1.29, 1.82) is 0 Å². The van der Waals surface area contributed by atoms with Crippen LogP contribution in [0.4, 0.5) is 0 Å². The van der Waals surface area contributed by atoms with Crippen LogP contribution in [0.15, 0.2) is 163 Å². The standard InChI is InChI=1S/C46H30N4OS/c1-3-5-14-28(4-2)44-47-45(29-15-7-6-8-16-29)49-46(48-44)30-23-24-31-33-19-13-21-38(42(33)51-39(31)27-30)50-36-20-11-9-18-35(36)41-37(50)26-25-34-32-17-10-12-22-40(32)52-43(34)41/h3-27H,2H2,1H3/b5-3-,28-14+. The van der Waals surface area contributed by atoms with E-state index in [0.29, 0.717) is 17.5 Å². The fourth-order valence-electron chi connectivity index (χ4n) is 7.38. The monoisotopic (exact) mass is 686 g/mol. The van der Waals surface area contributed by atoms with Crippen molar-refractivity contribution >= 4 is 80.8 Å². The Morgan fingerprint density at radius 3 is 2.27 bits per heavy atom. The van der Waals surface area contributed by atoms with Crippen LogP contribution in [0.5, 0.6) is 0 Å². The second-order valence-corrected chi connectivity index (χ2v) is 13.8. The summed E-state index contributed by atoms with van der Waals surface area (Å²) in [6, 6.07) is 44.5. The molecule has 10 rings (SSSR count). The molecule has 0 spiro atoms. The molecular formula is C46H30N4OS. The molecule has 0 N–H and O–H groups in total. The van der Waals surface area contributed by atoms with Gasteiger partial charge in [-0.05, 0) is 43.3 Å². The van der Waals surface area contributed by atoms with Crippen molar-refractivity contribution in [3.05, 3.63) is 164 Å². The summed E-state index contributed by atoms with van der Waals surface area (Å²) in [5, 5.41) is 7.18. The van der Waals surface area contributed by atoms with Gasteiger partial charge in [0.1, 0.15) is 5.58 Å². The maximum Gasteiger partial charge on any atom is 0.164 e. The van der Waals surface area contributed by atoms with Crippen molar-refractivity contribution in [2.45, 2.75) is 6.92 Å². The van der Waals surface area contributed by atoms with Crippen molar-refractivity contribution in [2.24, 2.45) is 0 Å². The molecule has 0 saturated heterocycles. The Kier molecular flexibility index (Phi) is 6.98. The molecule has 0 unspecified atom stereocenters. The van der Waals surface area contributed by atoms with Crippen LogP contribution in [0, 0.1) is 0 Å². The van der Waals surface area contributed by atoms with Crippen LogP contribution in [0.3, 0.4) is 0 Å². The molecular weight excluding hydrogens is 657 g/mol. The largest absolute Gasteiger partial charge is 0.454 e. The molecule has 0 fully saturated rings. The molecule has 6 heteroatoms. The number of nitrogens with zero attached hydrogens (tertiary/aromatic N) is 4. The highest BCUT2D eigenvalue weighted by atomic mass is 32.1. The van der Waals surface area contributed by atoms with Gasteiger partial charge in [-0.1, -0.05) is 122 Å². The Balaban J connectivity index is 1.18. The summed E-state index contributed by atoms with van der Waals surface area (Å²) in [6.07, 6.45) is 7.67. The molecule has 4 heterocycles. The summed E-state index contributed by atoms with van der Waals surface area (Å²) in [6.45, 7) is 6.01. The third kappa shape index (κ3) is 4.65. The van der Waals surface area contributed by atoms with Crippen LogP contribution in [0.2, 0.25) is 0 Å². The Morgan fingerprint density at radius 1 is 0.673 bits per heavy atom. The van der Waals surface area contributed by atoms with Gasteiger partial charge in [-0.3, -0.25) is 0 Å². The predicted molar refractivity (Wildman–Crippen MR) is 218 cm³/mol. The van der Waals surface area contributed by atoms with Crippen LogP contribution in [0.25, 0.3) is 98.0 Å². The number of hydrogen-bond donors (Lipinski definition) is 0. The zero-order chi connectivity index (χ0) is 34.8. The van der Waals surface area contributed by atoms with Gasteiger partial charge >= 0.3 is 0 Å². The first-order chi connectivity index (χ1) is 25.7. The van der Waals surface area contributed by atoms with Crippen LogP contribution in [0.1, 0.15) is 12.7 Å².